The van der Waals surface area contributed by atoms with Crippen LogP contribution in [-0.4, -0.2) is 11.1 Å². The number of rotatable bonds is 3. The first-order valence-corrected chi connectivity index (χ1v) is 7.35. The summed E-state index contributed by atoms with van der Waals surface area (Å²) in [5.74, 6) is 0.587. The molecule has 1 atom stereocenters. The molecule has 1 aliphatic rings. The first-order chi connectivity index (χ1) is 8.80. The Morgan fingerprint density at radius 3 is 2.26 bits per heavy atom. The van der Waals surface area contributed by atoms with Crippen LogP contribution in [0.2, 0.25) is 0 Å². The summed E-state index contributed by atoms with van der Waals surface area (Å²) in [6.07, 6.45) is 4.74. The molecule has 19 heavy (non-hydrogen) atoms. The van der Waals surface area contributed by atoms with Crippen LogP contribution < -0.4 is 5.32 Å². The monoisotopic (exact) mass is 257 g/mol. The van der Waals surface area contributed by atoms with Gasteiger partial charge in [-0.25, -0.2) is 0 Å². The lowest BCUT2D eigenvalue weighted by Gasteiger charge is -2.46. The van der Waals surface area contributed by atoms with Gasteiger partial charge in [0, 0.05) is 11.1 Å². The van der Waals surface area contributed by atoms with Gasteiger partial charge < -0.3 is 5.32 Å². The largest absolute Gasteiger partial charge is 0.303 e. The van der Waals surface area contributed by atoms with Crippen molar-refractivity contribution in [3.05, 3.63) is 47.5 Å². The molecule has 1 unspecified atom stereocenters. The molecule has 1 heteroatoms. The molecule has 0 saturated heterocycles. The number of hydrogen-bond donors (Lipinski definition) is 1. The van der Waals surface area contributed by atoms with Gasteiger partial charge in [-0.15, -0.1) is 0 Å². The maximum Gasteiger partial charge on any atom is 0.0314 e. The van der Waals surface area contributed by atoms with E-state index in [2.05, 4.69) is 76.3 Å². The molecule has 0 aliphatic carbocycles. The molecule has 1 aliphatic heterocycles. The summed E-state index contributed by atoms with van der Waals surface area (Å²) in [5, 5.41) is 3.73. The zero-order valence-corrected chi connectivity index (χ0v) is 13.0. The van der Waals surface area contributed by atoms with Crippen molar-refractivity contribution in [1.29, 1.82) is 0 Å². The molecule has 0 fully saturated rings. The minimum atomic E-state index is 0.0992. The summed E-state index contributed by atoms with van der Waals surface area (Å²) >= 11 is 0. The Kier molecular flexibility index (Phi) is 3.87. The van der Waals surface area contributed by atoms with E-state index in [0.717, 1.165) is 6.42 Å². The van der Waals surface area contributed by atoms with Crippen LogP contribution >= 0.6 is 0 Å². The van der Waals surface area contributed by atoms with Gasteiger partial charge in [0.15, 0.2) is 0 Å². The standard InChI is InChI=1S/C18H27N/c1-14-16(12-11-15-9-7-6-8-10-15)13-17(2,3)19-18(14,4)5/h6-10,13-14,19H,11-12H2,1-5H3. The van der Waals surface area contributed by atoms with Crippen molar-refractivity contribution >= 4 is 0 Å². The highest BCUT2D eigenvalue weighted by atomic mass is 15.0. The predicted molar refractivity (Wildman–Crippen MR) is 83.3 cm³/mol. The average molecular weight is 257 g/mol. The lowest BCUT2D eigenvalue weighted by atomic mass is 9.74. The molecule has 104 valence electrons. The fourth-order valence-corrected chi connectivity index (χ4v) is 3.25. The van der Waals surface area contributed by atoms with Crippen molar-refractivity contribution in [3.8, 4) is 0 Å². The molecule has 0 aromatic heterocycles. The molecular formula is C18H27N. The van der Waals surface area contributed by atoms with Crippen molar-refractivity contribution in [1.82, 2.24) is 5.32 Å². The normalized spacial score (nSPS) is 24.9. The maximum atomic E-state index is 3.73. The molecule has 1 aromatic rings. The van der Waals surface area contributed by atoms with Crippen molar-refractivity contribution < 1.29 is 0 Å². The Morgan fingerprint density at radius 2 is 1.63 bits per heavy atom. The Balaban J connectivity index is 2.12. The third-order valence-corrected chi connectivity index (χ3v) is 4.37. The Morgan fingerprint density at radius 1 is 1.00 bits per heavy atom. The third kappa shape index (κ3) is 3.48. The van der Waals surface area contributed by atoms with Gasteiger partial charge in [-0.05, 0) is 52.0 Å². The van der Waals surface area contributed by atoms with Gasteiger partial charge in [-0.3, -0.25) is 0 Å². The minimum absolute atomic E-state index is 0.0992. The smallest absolute Gasteiger partial charge is 0.0314 e. The summed E-state index contributed by atoms with van der Waals surface area (Å²) in [6.45, 7) is 11.5. The maximum absolute atomic E-state index is 3.73. The fourth-order valence-electron chi connectivity index (χ4n) is 3.25. The molecule has 0 amide bonds. The van der Waals surface area contributed by atoms with E-state index >= 15 is 0 Å². The van der Waals surface area contributed by atoms with Crippen LogP contribution in [0.15, 0.2) is 42.0 Å². The zero-order chi connectivity index (χ0) is 14.1. The SMILES string of the molecule is CC1C(CCc2ccccc2)=CC(C)(C)NC1(C)C. The lowest BCUT2D eigenvalue weighted by molar-refractivity contribution is 0.219. The van der Waals surface area contributed by atoms with Crippen molar-refractivity contribution in [2.24, 2.45) is 5.92 Å². The molecule has 0 saturated carbocycles. The number of aryl methyl sites for hydroxylation is 1. The minimum Gasteiger partial charge on any atom is -0.303 e. The van der Waals surface area contributed by atoms with Gasteiger partial charge in [-0.2, -0.15) is 0 Å². The van der Waals surface area contributed by atoms with E-state index in [1.807, 2.05) is 0 Å². The van der Waals surface area contributed by atoms with Gasteiger partial charge in [0.05, 0.1) is 0 Å². The Labute approximate surface area is 118 Å². The van der Waals surface area contributed by atoms with E-state index in [-0.39, 0.29) is 11.1 Å². The van der Waals surface area contributed by atoms with Gasteiger partial charge in [0.2, 0.25) is 0 Å². The number of benzene rings is 1. The van der Waals surface area contributed by atoms with Crippen LogP contribution in [0.4, 0.5) is 0 Å². The molecule has 2 rings (SSSR count). The molecule has 0 radical (unpaired) electrons. The first-order valence-electron chi connectivity index (χ1n) is 7.35. The van der Waals surface area contributed by atoms with Crippen molar-refractivity contribution in [2.75, 3.05) is 0 Å². The van der Waals surface area contributed by atoms with Crippen LogP contribution in [-0.2, 0) is 6.42 Å². The van der Waals surface area contributed by atoms with Crippen molar-refractivity contribution in [2.45, 2.75) is 58.5 Å². The van der Waals surface area contributed by atoms with Crippen LogP contribution in [0.3, 0.4) is 0 Å². The average Bonchev–Trinajstić information content (AvgIpc) is 2.32. The Bertz CT molecular complexity index is 454. The predicted octanol–water partition coefficient (Wildman–Crippen LogP) is 4.34. The van der Waals surface area contributed by atoms with Crippen LogP contribution in [0.5, 0.6) is 0 Å². The van der Waals surface area contributed by atoms with E-state index < -0.39 is 0 Å². The molecule has 1 aromatic carbocycles. The summed E-state index contributed by atoms with van der Waals surface area (Å²) in [7, 11) is 0. The Hall–Kier alpha value is -1.08. The van der Waals surface area contributed by atoms with E-state index in [0.29, 0.717) is 5.92 Å². The lowest BCUT2D eigenvalue weighted by Crippen LogP contribution is -2.58. The summed E-state index contributed by atoms with van der Waals surface area (Å²) in [5.41, 5.74) is 3.30. The highest BCUT2D eigenvalue weighted by molar-refractivity contribution is 5.25. The van der Waals surface area contributed by atoms with Crippen LogP contribution in [0.25, 0.3) is 0 Å². The summed E-state index contributed by atoms with van der Waals surface area (Å²) < 4.78 is 0. The van der Waals surface area contributed by atoms with Gasteiger partial charge in [0.1, 0.15) is 0 Å². The fraction of sp³-hybridized carbons (Fsp3) is 0.556. The second-order valence-corrected chi connectivity index (χ2v) is 6.99. The zero-order valence-electron chi connectivity index (χ0n) is 13.0. The topological polar surface area (TPSA) is 12.0 Å². The highest BCUT2D eigenvalue weighted by Gasteiger charge is 2.37. The quantitative estimate of drug-likeness (QED) is 0.794. The van der Waals surface area contributed by atoms with E-state index in [1.54, 1.807) is 5.57 Å². The van der Waals surface area contributed by atoms with Gasteiger partial charge in [0.25, 0.3) is 0 Å². The second kappa shape index (κ2) is 5.13. The number of hydrogen-bond acceptors (Lipinski definition) is 1. The summed E-state index contributed by atoms with van der Waals surface area (Å²) in [4.78, 5) is 0. The van der Waals surface area contributed by atoms with E-state index in [9.17, 15) is 0 Å². The molecule has 0 bridgehead atoms. The summed E-state index contributed by atoms with van der Waals surface area (Å²) in [6, 6.07) is 10.8. The number of nitrogens with one attached hydrogen (secondary N) is 1. The molecule has 1 N–H and O–H groups in total. The molecular weight excluding hydrogens is 230 g/mol. The second-order valence-electron chi connectivity index (χ2n) is 6.99. The molecule has 1 nitrogen and oxygen atoms in total. The van der Waals surface area contributed by atoms with Crippen molar-refractivity contribution in [3.63, 3.8) is 0 Å². The van der Waals surface area contributed by atoms with Gasteiger partial charge >= 0.3 is 0 Å². The van der Waals surface area contributed by atoms with Crippen LogP contribution in [0.1, 0.15) is 46.6 Å². The first kappa shape index (κ1) is 14.3. The van der Waals surface area contributed by atoms with E-state index in [4.69, 9.17) is 0 Å². The van der Waals surface area contributed by atoms with Crippen LogP contribution in [0, 0.1) is 5.92 Å². The highest BCUT2D eigenvalue weighted by Crippen LogP contribution is 2.35. The molecule has 0 spiro atoms. The van der Waals surface area contributed by atoms with Gasteiger partial charge in [-0.1, -0.05) is 48.9 Å². The molecule has 1 heterocycles. The third-order valence-electron chi connectivity index (χ3n) is 4.37. The van der Waals surface area contributed by atoms with E-state index in [1.165, 1.54) is 12.0 Å².